The number of carbonyl (C=O) groups is 1. The van der Waals surface area contributed by atoms with Crippen molar-refractivity contribution in [3.8, 4) is 0 Å². The van der Waals surface area contributed by atoms with E-state index in [0.29, 0.717) is 18.9 Å². The third kappa shape index (κ3) is 2.87. The van der Waals surface area contributed by atoms with E-state index in [1.165, 1.54) is 9.75 Å². The Kier molecular flexibility index (Phi) is 3.84. The molecule has 0 aliphatic carbocycles. The monoisotopic (exact) mass is 252 g/mol. The van der Waals surface area contributed by atoms with E-state index in [1.54, 1.807) is 0 Å². The molecule has 2 rings (SSSR count). The van der Waals surface area contributed by atoms with Gasteiger partial charge in [0.2, 0.25) is 5.91 Å². The quantitative estimate of drug-likeness (QED) is 0.888. The molecule has 0 spiro atoms. The molecule has 2 unspecified atom stereocenters. The zero-order chi connectivity index (χ0) is 12.4. The van der Waals surface area contributed by atoms with Crippen molar-refractivity contribution in [2.75, 3.05) is 13.1 Å². The Labute approximate surface area is 107 Å². The van der Waals surface area contributed by atoms with Gasteiger partial charge < -0.3 is 10.6 Å². The number of rotatable bonds is 4. The van der Waals surface area contributed by atoms with Crippen LogP contribution in [-0.2, 0) is 11.2 Å². The normalized spacial score (nSPS) is 22.2. The molecule has 94 valence electrons. The first-order valence-corrected chi connectivity index (χ1v) is 6.96. The van der Waals surface area contributed by atoms with Gasteiger partial charge in [0.25, 0.3) is 0 Å². The zero-order valence-corrected chi connectivity index (χ0v) is 11.3. The first-order valence-electron chi connectivity index (χ1n) is 6.15. The largest absolute Gasteiger partial charge is 0.339 e. The van der Waals surface area contributed by atoms with Gasteiger partial charge in [0.15, 0.2) is 0 Å². The maximum atomic E-state index is 11.9. The maximum absolute atomic E-state index is 11.9. The molecule has 17 heavy (non-hydrogen) atoms. The number of aryl methyl sites for hydroxylation is 1. The number of hydrogen-bond donors (Lipinski definition) is 1. The van der Waals surface area contributed by atoms with Crippen LogP contribution >= 0.6 is 11.3 Å². The Balaban J connectivity index is 1.96. The number of thiophene rings is 1. The fraction of sp³-hybridized carbons (Fsp3) is 0.615. The van der Waals surface area contributed by atoms with E-state index >= 15 is 0 Å². The van der Waals surface area contributed by atoms with Gasteiger partial charge in [-0.2, -0.15) is 0 Å². The fourth-order valence-corrected chi connectivity index (χ4v) is 3.40. The predicted molar refractivity (Wildman–Crippen MR) is 71.1 cm³/mol. The summed E-state index contributed by atoms with van der Waals surface area (Å²) in [6.07, 6.45) is 1.59. The molecule has 2 N–H and O–H groups in total. The van der Waals surface area contributed by atoms with Crippen molar-refractivity contribution in [3.05, 3.63) is 21.9 Å². The van der Waals surface area contributed by atoms with Gasteiger partial charge >= 0.3 is 0 Å². The minimum Gasteiger partial charge on any atom is -0.339 e. The number of likely N-dealkylation sites (tertiary alicyclic amines) is 1. The molecule has 1 aliphatic heterocycles. The summed E-state index contributed by atoms with van der Waals surface area (Å²) in [5, 5.41) is 0. The SMILES string of the molecule is Cc1ccc(CC(C)N2CC(CN)CC2=O)s1. The molecule has 0 bridgehead atoms. The number of amides is 1. The second kappa shape index (κ2) is 5.19. The lowest BCUT2D eigenvalue weighted by atomic mass is 10.1. The highest BCUT2D eigenvalue weighted by molar-refractivity contribution is 7.11. The van der Waals surface area contributed by atoms with Gasteiger partial charge in [-0.1, -0.05) is 0 Å². The fourth-order valence-electron chi connectivity index (χ4n) is 2.39. The molecular weight excluding hydrogens is 232 g/mol. The van der Waals surface area contributed by atoms with Gasteiger partial charge in [0, 0.05) is 35.2 Å². The van der Waals surface area contributed by atoms with Gasteiger partial charge in [0.05, 0.1) is 0 Å². The van der Waals surface area contributed by atoms with Crippen LogP contribution in [0.5, 0.6) is 0 Å². The minimum absolute atomic E-state index is 0.265. The number of nitrogens with zero attached hydrogens (tertiary/aromatic N) is 1. The number of carbonyl (C=O) groups excluding carboxylic acids is 1. The molecular formula is C13H20N2OS. The zero-order valence-electron chi connectivity index (χ0n) is 10.5. The standard InChI is InChI=1S/C13H20N2OS/c1-9(5-12-4-3-10(2)17-12)15-8-11(7-14)6-13(15)16/h3-4,9,11H,5-8,14H2,1-2H3. The molecule has 0 aromatic carbocycles. The van der Waals surface area contributed by atoms with Crippen LogP contribution in [0.4, 0.5) is 0 Å². The van der Waals surface area contributed by atoms with E-state index in [4.69, 9.17) is 5.73 Å². The summed E-state index contributed by atoms with van der Waals surface area (Å²) in [6, 6.07) is 4.59. The van der Waals surface area contributed by atoms with E-state index < -0.39 is 0 Å². The molecule has 1 fully saturated rings. The van der Waals surface area contributed by atoms with E-state index in [9.17, 15) is 4.79 Å². The highest BCUT2D eigenvalue weighted by Crippen LogP contribution is 2.23. The van der Waals surface area contributed by atoms with Gasteiger partial charge in [-0.25, -0.2) is 0 Å². The topological polar surface area (TPSA) is 46.3 Å². The van der Waals surface area contributed by atoms with Crippen molar-refractivity contribution in [2.24, 2.45) is 11.7 Å². The average molecular weight is 252 g/mol. The van der Waals surface area contributed by atoms with Crippen molar-refractivity contribution in [1.29, 1.82) is 0 Å². The summed E-state index contributed by atoms with van der Waals surface area (Å²) in [5.41, 5.74) is 5.64. The van der Waals surface area contributed by atoms with Crippen LogP contribution in [0.3, 0.4) is 0 Å². The summed E-state index contributed by atoms with van der Waals surface area (Å²) in [5.74, 6) is 0.622. The number of nitrogens with two attached hydrogens (primary N) is 1. The molecule has 1 amide bonds. The smallest absolute Gasteiger partial charge is 0.223 e. The minimum atomic E-state index is 0.265. The van der Waals surface area contributed by atoms with Crippen LogP contribution in [-0.4, -0.2) is 29.9 Å². The van der Waals surface area contributed by atoms with Gasteiger partial charge in [-0.3, -0.25) is 4.79 Å². The molecule has 4 heteroatoms. The molecule has 2 atom stereocenters. The third-order valence-corrected chi connectivity index (χ3v) is 4.42. The van der Waals surface area contributed by atoms with Gasteiger partial charge in [-0.05, 0) is 38.4 Å². The second-order valence-electron chi connectivity index (χ2n) is 4.92. The van der Waals surface area contributed by atoms with Gasteiger partial charge in [0.1, 0.15) is 0 Å². The lowest BCUT2D eigenvalue weighted by molar-refractivity contribution is -0.129. The van der Waals surface area contributed by atoms with Crippen molar-refractivity contribution in [1.82, 2.24) is 4.90 Å². The number of hydrogen-bond acceptors (Lipinski definition) is 3. The third-order valence-electron chi connectivity index (χ3n) is 3.40. The highest BCUT2D eigenvalue weighted by atomic mass is 32.1. The Hall–Kier alpha value is -0.870. The maximum Gasteiger partial charge on any atom is 0.223 e. The Morgan fingerprint density at radius 2 is 2.35 bits per heavy atom. The molecule has 2 heterocycles. The van der Waals surface area contributed by atoms with E-state index in [1.807, 2.05) is 16.2 Å². The lowest BCUT2D eigenvalue weighted by Crippen LogP contribution is -2.36. The molecule has 1 aromatic heterocycles. The summed E-state index contributed by atoms with van der Waals surface area (Å²) in [7, 11) is 0. The predicted octanol–water partition coefficient (Wildman–Crippen LogP) is 1.79. The average Bonchev–Trinajstić information content (AvgIpc) is 2.85. The summed E-state index contributed by atoms with van der Waals surface area (Å²) < 4.78 is 0. The summed E-state index contributed by atoms with van der Waals surface area (Å²) >= 11 is 1.82. The molecule has 0 saturated carbocycles. The van der Waals surface area contributed by atoms with Gasteiger partial charge in [-0.15, -0.1) is 11.3 Å². The molecule has 1 saturated heterocycles. The molecule has 1 aliphatic rings. The Bertz CT molecular complexity index is 402. The Morgan fingerprint density at radius 1 is 1.59 bits per heavy atom. The van der Waals surface area contributed by atoms with E-state index in [2.05, 4.69) is 26.0 Å². The lowest BCUT2D eigenvalue weighted by Gasteiger charge is -2.24. The van der Waals surface area contributed by atoms with E-state index in [0.717, 1.165) is 13.0 Å². The highest BCUT2D eigenvalue weighted by Gasteiger charge is 2.31. The Morgan fingerprint density at radius 3 is 2.88 bits per heavy atom. The van der Waals surface area contributed by atoms with Crippen LogP contribution in [0, 0.1) is 12.8 Å². The van der Waals surface area contributed by atoms with Crippen LogP contribution in [0.1, 0.15) is 23.1 Å². The van der Waals surface area contributed by atoms with Crippen molar-refractivity contribution in [2.45, 2.75) is 32.7 Å². The second-order valence-corrected chi connectivity index (χ2v) is 6.29. The van der Waals surface area contributed by atoms with E-state index in [-0.39, 0.29) is 11.9 Å². The summed E-state index contributed by atoms with van der Waals surface area (Å²) in [4.78, 5) is 16.5. The van der Waals surface area contributed by atoms with Crippen LogP contribution in [0.2, 0.25) is 0 Å². The van der Waals surface area contributed by atoms with Crippen LogP contribution in [0.15, 0.2) is 12.1 Å². The van der Waals surface area contributed by atoms with Crippen LogP contribution < -0.4 is 5.73 Å². The first kappa shape index (κ1) is 12.6. The van der Waals surface area contributed by atoms with Crippen LogP contribution in [0.25, 0.3) is 0 Å². The molecule has 0 radical (unpaired) electrons. The first-order chi connectivity index (χ1) is 8.10. The van der Waals surface area contributed by atoms with Crippen molar-refractivity contribution in [3.63, 3.8) is 0 Å². The summed E-state index contributed by atoms with van der Waals surface area (Å²) in [6.45, 7) is 5.70. The molecule has 1 aromatic rings. The van der Waals surface area contributed by atoms with Crippen molar-refractivity contribution >= 4 is 17.2 Å². The molecule has 3 nitrogen and oxygen atoms in total. The van der Waals surface area contributed by atoms with Crippen molar-refractivity contribution < 1.29 is 4.79 Å².